The Morgan fingerprint density at radius 2 is 1.78 bits per heavy atom. The molecule has 4 aromatic rings. The van der Waals surface area contributed by atoms with Crippen molar-refractivity contribution >= 4 is 45.9 Å². The highest BCUT2D eigenvalue weighted by Crippen LogP contribution is 2.30. The maximum absolute atomic E-state index is 12.3. The molecule has 4 nitrogen and oxygen atoms in total. The number of halogens is 2. The van der Waals surface area contributed by atoms with Crippen molar-refractivity contribution in [3.63, 3.8) is 0 Å². The second-order valence-electron chi connectivity index (χ2n) is 6.03. The van der Waals surface area contributed by atoms with Crippen LogP contribution < -0.4 is 5.32 Å². The van der Waals surface area contributed by atoms with Crippen molar-refractivity contribution in [1.82, 2.24) is 4.98 Å². The van der Waals surface area contributed by atoms with E-state index in [1.807, 2.05) is 30.3 Å². The van der Waals surface area contributed by atoms with Gasteiger partial charge < -0.3 is 9.73 Å². The number of carbonyl (C=O) groups excluding carboxylic acids is 1. The number of carbonyl (C=O) groups is 1. The molecule has 0 aliphatic heterocycles. The largest absolute Gasteiger partial charge is 0.436 e. The summed E-state index contributed by atoms with van der Waals surface area (Å²) >= 11 is 12.1. The molecule has 1 aromatic heterocycles. The maximum Gasteiger partial charge on any atom is 0.228 e. The lowest BCUT2D eigenvalue weighted by atomic mass is 10.1. The standard InChI is InChI=1S/C21H14Cl2N2O2/c22-14-7-5-13(6-8-14)11-20(26)24-15-9-10-18-19(12-15)27-21(25-18)16-3-1-2-4-17(16)23/h1-10,12H,11H2,(H,24,26). The molecule has 1 heterocycles. The van der Waals surface area contributed by atoms with Crippen molar-refractivity contribution < 1.29 is 9.21 Å². The van der Waals surface area contributed by atoms with Crippen molar-refractivity contribution in [1.29, 1.82) is 0 Å². The van der Waals surface area contributed by atoms with E-state index in [0.29, 0.717) is 32.7 Å². The van der Waals surface area contributed by atoms with Crippen LogP contribution in [0.25, 0.3) is 22.6 Å². The Labute approximate surface area is 165 Å². The van der Waals surface area contributed by atoms with Crippen LogP contribution in [0.3, 0.4) is 0 Å². The minimum absolute atomic E-state index is 0.123. The molecule has 0 bridgehead atoms. The summed E-state index contributed by atoms with van der Waals surface area (Å²) in [7, 11) is 0. The summed E-state index contributed by atoms with van der Waals surface area (Å²) in [5, 5.41) is 4.08. The molecule has 0 saturated carbocycles. The zero-order chi connectivity index (χ0) is 18.8. The van der Waals surface area contributed by atoms with Crippen molar-refractivity contribution in [2.75, 3.05) is 5.32 Å². The average molecular weight is 397 g/mol. The highest BCUT2D eigenvalue weighted by Gasteiger charge is 2.12. The second kappa shape index (κ2) is 7.43. The van der Waals surface area contributed by atoms with Crippen molar-refractivity contribution in [3.8, 4) is 11.5 Å². The fourth-order valence-electron chi connectivity index (χ4n) is 2.75. The van der Waals surface area contributed by atoms with Crippen LogP contribution in [0.15, 0.2) is 71.1 Å². The molecule has 0 saturated heterocycles. The Kier molecular flexibility index (Phi) is 4.84. The molecular formula is C21H14Cl2N2O2. The highest BCUT2D eigenvalue weighted by atomic mass is 35.5. The molecule has 134 valence electrons. The van der Waals surface area contributed by atoms with E-state index >= 15 is 0 Å². The van der Waals surface area contributed by atoms with E-state index in [1.165, 1.54) is 0 Å². The van der Waals surface area contributed by atoms with Gasteiger partial charge in [0.05, 0.1) is 17.0 Å². The summed E-state index contributed by atoms with van der Waals surface area (Å²) in [4.78, 5) is 16.7. The molecule has 0 spiro atoms. The molecule has 0 radical (unpaired) electrons. The average Bonchev–Trinajstić information content (AvgIpc) is 3.07. The van der Waals surface area contributed by atoms with E-state index < -0.39 is 0 Å². The Morgan fingerprint density at radius 3 is 2.56 bits per heavy atom. The number of rotatable bonds is 4. The van der Waals surface area contributed by atoms with Gasteiger partial charge in [0.1, 0.15) is 5.52 Å². The number of aromatic nitrogens is 1. The van der Waals surface area contributed by atoms with Crippen molar-refractivity contribution in [2.45, 2.75) is 6.42 Å². The smallest absolute Gasteiger partial charge is 0.228 e. The summed E-state index contributed by atoms with van der Waals surface area (Å²) in [5.41, 5.74) is 3.53. The number of amides is 1. The zero-order valence-electron chi connectivity index (χ0n) is 14.1. The van der Waals surface area contributed by atoms with Gasteiger partial charge in [0.25, 0.3) is 0 Å². The molecule has 6 heteroatoms. The lowest BCUT2D eigenvalue weighted by Crippen LogP contribution is -2.14. The minimum Gasteiger partial charge on any atom is -0.436 e. The maximum atomic E-state index is 12.3. The van der Waals surface area contributed by atoms with Gasteiger partial charge in [-0.25, -0.2) is 4.98 Å². The molecule has 1 N–H and O–H groups in total. The number of nitrogens with zero attached hydrogens (tertiary/aromatic N) is 1. The van der Waals surface area contributed by atoms with E-state index in [-0.39, 0.29) is 12.3 Å². The fourth-order valence-corrected chi connectivity index (χ4v) is 3.09. The number of benzene rings is 3. The monoisotopic (exact) mass is 396 g/mol. The summed E-state index contributed by atoms with van der Waals surface area (Å²) in [6, 6.07) is 19.9. The van der Waals surface area contributed by atoms with Crippen LogP contribution in [0, 0.1) is 0 Å². The lowest BCUT2D eigenvalue weighted by molar-refractivity contribution is -0.115. The molecule has 0 atom stereocenters. The van der Waals surface area contributed by atoms with Gasteiger partial charge in [-0.3, -0.25) is 4.79 Å². The number of hydrogen-bond donors (Lipinski definition) is 1. The van der Waals surface area contributed by atoms with Crippen LogP contribution in [0.4, 0.5) is 5.69 Å². The number of fused-ring (bicyclic) bond motifs is 1. The lowest BCUT2D eigenvalue weighted by Gasteiger charge is -2.05. The van der Waals surface area contributed by atoms with Crippen LogP contribution in [0.5, 0.6) is 0 Å². The van der Waals surface area contributed by atoms with Gasteiger partial charge in [-0.05, 0) is 42.0 Å². The fraction of sp³-hybridized carbons (Fsp3) is 0.0476. The molecule has 1 amide bonds. The number of anilines is 1. The van der Waals surface area contributed by atoms with E-state index in [9.17, 15) is 4.79 Å². The van der Waals surface area contributed by atoms with Gasteiger partial charge in [-0.1, -0.05) is 47.5 Å². The van der Waals surface area contributed by atoms with Crippen LogP contribution in [-0.2, 0) is 11.2 Å². The number of oxazole rings is 1. The van der Waals surface area contributed by atoms with Crippen LogP contribution in [-0.4, -0.2) is 10.9 Å². The topological polar surface area (TPSA) is 55.1 Å². The Hall–Kier alpha value is -2.82. The quantitative estimate of drug-likeness (QED) is 0.461. The van der Waals surface area contributed by atoms with E-state index in [2.05, 4.69) is 10.3 Å². The first-order valence-electron chi connectivity index (χ1n) is 8.28. The van der Waals surface area contributed by atoms with Crippen LogP contribution >= 0.6 is 23.2 Å². The van der Waals surface area contributed by atoms with Gasteiger partial charge in [0.2, 0.25) is 11.8 Å². The number of nitrogens with one attached hydrogen (secondary N) is 1. The predicted octanol–water partition coefficient (Wildman–Crippen LogP) is 5.98. The van der Waals surface area contributed by atoms with Gasteiger partial charge in [0.15, 0.2) is 5.58 Å². The normalized spacial score (nSPS) is 10.9. The summed E-state index contributed by atoms with van der Waals surface area (Å²) < 4.78 is 5.83. The van der Waals surface area contributed by atoms with E-state index in [4.69, 9.17) is 27.6 Å². The zero-order valence-corrected chi connectivity index (χ0v) is 15.6. The summed E-state index contributed by atoms with van der Waals surface area (Å²) in [5.74, 6) is 0.322. The molecule has 0 aliphatic rings. The third-order valence-corrected chi connectivity index (χ3v) is 4.64. The second-order valence-corrected chi connectivity index (χ2v) is 6.88. The molecule has 4 rings (SSSR count). The third kappa shape index (κ3) is 3.97. The summed E-state index contributed by atoms with van der Waals surface area (Å²) in [6.07, 6.45) is 0.260. The Balaban J connectivity index is 1.54. The first-order valence-corrected chi connectivity index (χ1v) is 9.04. The van der Waals surface area contributed by atoms with Gasteiger partial charge >= 0.3 is 0 Å². The molecule has 3 aromatic carbocycles. The molecular weight excluding hydrogens is 383 g/mol. The van der Waals surface area contributed by atoms with E-state index in [1.54, 1.807) is 36.4 Å². The Morgan fingerprint density at radius 1 is 1.00 bits per heavy atom. The third-order valence-electron chi connectivity index (χ3n) is 4.05. The van der Waals surface area contributed by atoms with Gasteiger partial charge in [-0.2, -0.15) is 0 Å². The SMILES string of the molecule is O=C(Cc1ccc(Cl)cc1)Nc1ccc2nc(-c3ccccc3Cl)oc2c1. The van der Waals surface area contributed by atoms with Gasteiger partial charge in [-0.15, -0.1) is 0 Å². The van der Waals surface area contributed by atoms with Crippen LogP contribution in [0.2, 0.25) is 10.0 Å². The molecule has 0 unspecified atom stereocenters. The molecule has 27 heavy (non-hydrogen) atoms. The molecule has 0 aliphatic carbocycles. The van der Waals surface area contributed by atoms with E-state index in [0.717, 1.165) is 11.1 Å². The number of hydrogen-bond acceptors (Lipinski definition) is 3. The van der Waals surface area contributed by atoms with Gasteiger partial charge in [0, 0.05) is 16.8 Å². The highest BCUT2D eigenvalue weighted by molar-refractivity contribution is 6.33. The minimum atomic E-state index is -0.123. The Bertz CT molecular complexity index is 1120. The molecule has 0 fully saturated rings. The first-order chi connectivity index (χ1) is 13.1. The predicted molar refractivity (Wildman–Crippen MR) is 108 cm³/mol. The summed E-state index contributed by atoms with van der Waals surface area (Å²) in [6.45, 7) is 0. The first kappa shape index (κ1) is 17.6. The van der Waals surface area contributed by atoms with Crippen molar-refractivity contribution in [2.24, 2.45) is 0 Å². The van der Waals surface area contributed by atoms with Crippen molar-refractivity contribution in [3.05, 3.63) is 82.3 Å². The van der Waals surface area contributed by atoms with Crippen LogP contribution in [0.1, 0.15) is 5.56 Å².